The van der Waals surface area contributed by atoms with E-state index in [1.54, 1.807) is 6.20 Å². The van der Waals surface area contributed by atoms with E-state index < -0.39 is 0 Å². The van der Waals surface area contributed by atoms with Crippen LogP contribution in [0.1, 0.15) is 24.6 Å². The number of rotatable bonds is 6. The quantitative estimate of drug-likeness (QED) is 0.674. The maximum Gasteiger partial charge on any atom is 0.221 e. The van der Waals surface area contributed by atoms with Crippen LogP contribution >= 0.6 is 0 Å². The third kappa shape index (κ3) is 4.56. The van der Waals surface area contributed by atoms with Crippen LogP contribution in [-0.2, 0) is 11.2 Å². The molecule has 0 aliphatic carbocycles. The van der Waals surface area contributed by atoms with Gasteiger partial charge in [0.15, 0.2) is 5.82 Å². The molecule has 0 saturated carbocycles. The summed E-state index contributed by atoms with van der Waals surface area (Å²) < 4.78 is 0. The average molecular weight is 393 g/mol. The van der Waals surface area contributed by atoms with Crippen molar-refractivity contribution in [3.05, 3.63) is 47.8 Å². The number of pyridine rings is 1. The molecule has 152 valence electrons. The zero-order valence-corrected chi connectivity index (χ0v) is 17.1. The summed E-state index contributed by atoms with van der Waals surface area (Å²) in [6.07, 6.45) is 3.79. The van der Waals surface area contributed by atoms with Gasteiger partial charge in [-0.05, 0) is 50.1 Å². The monoisotopic (exact) mass is 392 g/mol. The summed E-state index contributed by atoms with van der Waals surface area (Å²) >= 11 is 0. The first kappa shape index (κ1) is 19.4. The van der Waals surface area contributed by atoms with Crippen LogP contribution in [-0.4, -0.2) is 58.7 Å². The molecule has 0 spiro atoms. The molecule has 1 saturated heterocycles. The number of carbonyl (C=O) groups is 1. The Morgan fingerprint density at radius 2 is 2.00 bits per heavy atom. The Labute approximate surface area is 171 Å². The molecule has 0 unspecified atom stereocenters. The number of aromatic amines is 1. The van der Waals surface area contributed by atoms with Crippen molar-refractivity contribution in [1.29, 1.82) is 0 Å². The molecule has 7 heteroatoms. The smallest absolute Gasteiger partial charge is 0.221 e. The summed E-state index contributed by atoms with van der Waals surface area (Å²) in [5.74, 6) is 1.00. The molecule has 1 aliphatic rings. The number of hydrogen-bond acceptors (Lipinski definition) is 5. The first-order valence-corrected chi connectivity index (χ1v) is 10.2. The Bertz CT molecular complexity index is 990. The van der Waals surface area contributed by atoms with Crippen LogP contribution in [0.5, 0.6) is 0 Å². The Balaban J connectivity index is 1.25. The predicted molar refractivity (Wildman–Crippen MR) is 116 cm³/mol. The van der Waals surface area contributed by atoms with E-state index in [2.05, 4.69) is 54.6 Å². The zero-order chi connectivity index (χ0) is 20.2. The molecule has 0 atom stereocenters. The summed E-state index contributed by atoms with van der Waals surface area (Å²) in [5.41, 5.74) is 4.03. The highest BCUT2D eigenvalue weighted by molar-refractivity contribution is 5.90. The number of piperazine rings is 1. The molecule has 2 N–H and O–H groups in total. The van der Waals surface area contributed by atoms with Crippen molar-refractivity contribution >= 4 is 28.3 Å². The van der Waals surface area contributed by atoms with E-state index in [1.165, 1.54) is 12.3 Å². The van der Waals surface area contributed by atoms with Gasteiger partial charge in [-0.2, -0.15) is 5.10 Å². The predicted octanol–water partition coefficient (Wildman–Crippen LogP) is 2.98. The summed E-state index contributed by atoms with van der Waals surface area (Å²) in [5, 5.41) is 11.7. The normalized spacial score (nSPS) is 15.0. The second kappa shape index (κ2) is 8.61. The lowest BCUT2D eigenvalue weighted by Crippen LogP contribution is -2.46. The molecule has 3 aromatic rings. The zero-order valence-electron chi connectivity index (χ0n) is 17.1. The molecule has 0 bridgehead atoms. The Morgan fingerprint density at radius 3 is 2.76 bits per heavy atom. The van der Waals surface area contributed by atoms with Crippen molar-refractivity contribution in [2.45, 2.75) is 26.7 Å². The molecule has 1 amide bonds. The van der Waals surface area contributed by atoms with E-state index in [0.717, 1.165) is 73.8 Å². The van der Waals surface area contributed by atoms with Gasteiger partial charge in [0.1, 0.15) is 0 Å². The third-order valence-electron chi connectivity index (χ3n) is 5.51. The van der Waals surface area contributed by atoms with E-state index in [4.69, 9.17) is 0 Å². The number of H-pyrrole nitrogens is 1. The van der Waals surface area contributed by atoms with Gasteiger partial charge in [0.2, 0.25) is 5.91 Å². The van der Waals surface area contributed by atoms with Crippen molar-refractivity contribution in [3.63, 3.8) is 0 Å². The highest BCUT2D eigenvalue weighted by Crippen LogP contribution is 2.24. The van der Waals surface area contributed by atoms with Crippen molar-refractivity contribution in [2.24, 2.45) is 0 Å². The van der Waals surface area contributed by atoms with Crippen LogP contribution < -0.4 is 10.2 Å². The number of fused-ring (bicyclic) bond motifs is 1. The minimum atomic E-state index is -0.0652. The van der Waals surface area contributed by atoms with Crippen LogP contribution in [0, 0.1) is 6.92 Å². The van der Waals surface area contributed by atoms with Gasteiger partial charge in [-0.15, -0.1) is 0 Å². The molecular formula is C22H28N6O. The third-order valence-corrected chi connectivity index (χ3v) is 5.51. The molecule has 1 fully saturated rings. The Kier molecular flexibility index (Phi) is 5.76. The number of aryl methyl sites for hydroxylation is 2. The second-order valence-electron chi connectivity index (χ2n) is 7.70. The maximum absolute atomic E-state index is 11.2. The maximum atomic E-state index is 11.2. The lowest BCUT2D eigenvalue weighted by atomic mass is 10.1. The molecule has 1 aliphatic heterocycles. The average Bonchev–Trinajstić information content (AvgIpc) is 3.14. The summed E-state index contributed by atoms with van der Waals surface area (Å²) in [6, 6.07) is 10.4. The van der Waals surface area contributed by atoms with E-state index in [1.807, 2.05) is 13.0 Å². The van der Waals surface area contributed by atoms with E-state index in [9.17, 15) is 4.79 Å². The van der Waals surface area contributed by atoms with Crippen LogP contribution in [0.3, 0.4) is 0 Å². The molecule has 4 rings (SSSR count). The van der Waals surface area contributed by atoms with Gasteiger partial charge >= 0.3 is 0 Å². The lowest BCUT2D eigenvalue weighted by molar-refractivity contribution is -0.114. The van der Waals surface area contributed by atoms with Gasteiger partial charge in [0.25, 0.3) is 0 Å². The van der Waals surface area contributed by atoms with Gasteiger partial charge in [-0.3, -0.25) is 19.8 Å². The van der Waals surface area contributed by atoms with Gasteiger partial charge in [0.05, 0.1) is 17.4 Å². The van der Waals surface area contributed by atoms with Crippen molar-refractivity contribution < 1.29 is 4.79 Å². The number of nitrogens with zero attached hydrogens (tertiary/aromatic N) is 4. The minimum Gasteiger partial charge on any atom is -0.352 e. The van der Waals surface area contributed by atoms with Gasteiger partial charge in [-0.25, -0.2) is 0 Å². The van der Waals surface area contributed by atoms with E-state index in [-0.39, 0.29) is 5.91 Å². The summed E-state index contributed by atoms with van der Waals surface area (Å²) in [4.78, 5) is 20.6. The summed E-state index contributed by atoms with van der Waals surface area (Å²) in [6.45, 7) is 8.69. The fourth-order valence-electron chi connectivity index (χ4n) is 3.93. The lowest BCUT2D eigenvalue weighted by Gasteiger charge is -2.35. The number of nitrogens with one attached hydrogen (secondary N) is 2. The molecule has 29 heavy (non-hydrogen) atoms. The SMILES string of the molecule is CC(=O)Nc1cnc(CCCN2CCN(c3n[nH]c4ccccc34)CC2)cc1C. The molecule has 0 radical (unpaired) electrons. The highest BCUT2D eigenvalue weighted by Gasteiger charge is 2.20. The topological polar surface area (TPSA) is 77.2 Å². The van der Waals surface area contributed by atoms with E-state index >= 15 is 0 Å². The first-order valence-electron chi connectivity index (χ1n) is 10.2. The largest absolute Gasteiger partial charge is 0.352 e. The number of carbonyl (C=O) groups excluding carboxylic acids is 1. The second-order valence-corrected chi connectivity index (χ2v) is 7.70. The highest BCUT2D eigenvalue weighted by atomic mass is 16.1. The Morgan fingerprint density at radius 1 is 1.21 bits per heavy atom. The summed E-state index contributed by atoms with van der Waals surface area (Å²) in [7, 11) is 0. The molecule has 3 heterocycles. The standard InChI is InChI=1S/C22H28N6O/c1-16-14-18(23-15-21(16)24-17(2)29)6-5-9-27-10-12-28(13-11-27)22-19-7-3-4-8-20(19)25-26-22/h3-4,7-8,14-15H,5-6,9-13H2,1-2H3,(H,24,29)(H,25,26). The van der Waals surface area contributed by atoms with Gasteiger partial charge < -0.3 is 10.2 Å². The minimum absolute atomic E-state index is 0.0652. The van der Waals surface area contributed by atoms with Crippen LogP contribution in [0.4, 0.5) is 11.5 Å². The van der Waals surface area contributed by atoms with E-state index in [0.29, 0.717) is 0 Å². The number of benzene rings is 1. The number of para-hydroxylation sites is 1. The van der Waals surface area contributed by atoms with Crippen LogP contribution in [0.15, 0.2) is 36.5 Å². The fraction of sp³-hybridized carbons (Fsp3) is 0.409. The van der Waals surface area contributed by atoms with Crippen LogP contribution in [0.25, 0.3) is 10.9 Å². The number of hydrogen-bond donors (Lipinski definition) is 2. The van der Waals surface area contributed by atoms with Crippen LogP contribution in [0.2, 0.25) is 0 Å². The molecule has 1 aromatic carbocycles. The van der Waals surface area contributed by atoms with Crippen molar-refractivity contribution in [1.82, 2.24) is 20.1 Å². The van der Waals surface area contributed by atoms with Crippen molar-refractivity contribution in [2.75, 3.05) is 42.9 Å². The molecule has 2 aromatic heterocycles. The molecule has 7 nitrogen and oxygen atoms in total. The van der Waals surface area contributed by atoms with Gasteiger partial charge in [0, 0.05) is 44.2 Å². The number of anilines is 2. The molecular weight excluding hydrogens is 364 g/mol. The Hall–Kier alpha value is -2.93. The van der Waals surface area contributed by atoms with Crippen molar-refractivity contribution in [3.8, 4) is 0 Å². The number of aromatic nitrogens is 3. The first-order chi connectivity index (χ1) is 14.1. The number of amides is 1. The van der Waals surface area contributed by atoms with Gasteiger partial charge in [-0.1, -0.05) is 12.1 Å². The fourth-order valence-corrected chi connectivity index (χ4v) is 3.93.